The fourth-order valence-electron chi connectivity index (χ4n) is 4.10. The Labute approximate surface area is 186 Å². The van der Waals surface area contributed by atoms with Gasteiger partial charge in [-0.3, -0.25) is 4.79 Å². The van der Waals surface area contributed by atoms with Gasteiger partial charge in [0.2, 0.25) is 0 Å². The average Bonchev–Trinajstić information content (AvgIpc) is 3.40. The number of amides is 1. The smallest absolute Gasteiger partial charge is 0.254 e. The summed E-state index contributed by atoms with van der Waals surface area (Å²) < 4.78 is 1.54. The molecule has 0 bridgehead atoms. The Morgan fingerprint density at radius 3 is 2.22 bits per heavy atom. The summed E-state index contributed by atoms with van der Waals surface area (Å²) in [5, 5.41) is 11.2. The molecule has 2 aromatic heterocycles. The maximum atomic E-state index is 13.1. The molecule has 166 valence electrons. The molecule has 1 amide bonds. The highest BCUT2D eigenvalue weighted by Crippen LogP contribution is 2.21. The van der Waals surface area contributed by atoms with Gasteiger partial charge in [0.25, 0.3) is 5.91 Å². The Morgan fingerprint density at radius 2 is 1.56 bits per heavy atom. The van der Waals surface area contributed by atoms with Gasteiger partial charge in [-0.1, -0.05) is 6.07 Å². The molecular weight excluding hydrogens is 408 g/mol. The fourth-order valence-corrected chi connectivity index (χ4v) is 4.10. The molecule has 0 N–H and O–H groups in total. The third-order valence-corrected chi connectivity index (χ3v) is 6.06. The molecule has 2 aliphatic heterocycles. The summed E-state index contributed by atoms with van der Waals surface area (Å²) >= 11 is 0. The Bertz CT molecular complexity index is 1060. The van der Waals surface area contributed by atoms with E-state index in [4.69, 9.17) is 0 Å². The minimum atomic E-state index is 0.0142. The fraction of sp³-hybridized carbons (Fsp3) is 0.429. The molecule has 32 heavy (non-hydrogen) atoms. The zero-order chi connectivity index (χ0) is 21.9. The first-order valence-corrected chi connectivity index (χ1v) is 10.8. The van der Waals surface area contributed by atoms with Crippen molar-refractivity contribution in [1.29, 1.82) is 0 Å². The van der Waals surface area contributed by atoms with Crippen molar-refractivity contribution < 1.29 is 4.79 Å². The number of aromatic nitrogens is 6. The highest BCUT2D eigenvalue weighted by Gasteiger charge is 2.24. The minimum Gasteiger partial charge on any atom is -0.354 e. The number of rotatable bonds is 4. The maximum absolute atomic E-state index is 13.1. The van der Waals surface area contributed by atoms with Crippen LogP contribution >= 0.6 is 0 Å². The van der Waals surface area contributed by atoms with Gasteiger partial charge < -0.3 is 19.6 Å². The molecule has 3 aromatic rings. The molecule has 0 spiro atoms. The lowest BCUT2D eigenvalue weighted by molar-refractivity contribution is 0.0746. The van der Waals surface area contributed by atoms with Crippen LogP contribution in [0.1, 0.15) is 10.4 Å². The standard InChI is InChI=1S/C21H26N10O/c1-27-5-7-28(8-6-27)19-14-20(23-15-22-19)29-9-11-30(12-10-29)21(32)17-3-2-4-18(13-17)31-16-24-25-26-31/h2-4,13-16H,5-12H2,1H3. The number of piperazine rings is 2. The van der Waals surface area contributed by atoms with Gasteiger partial charge in [-0.25, -0.2) is 14.6 Å². The summed E-state index contributed by atoms with van der Waals surface area (Å²) in [5.41, 5.74) is 1.39. The molecule has 4 heterocycles. The zero-order valence-corrected chi connectivity index (χ0v) is 18.1. The number of benzene rings is 1. The van der Waals surface area contributed by atoms with Crippen molar-refractivity contribution in [1.82, 2.24) is 40.0 Å². The Hall–Kier alpha value is -3.60. The van der Waals surface area contributed by atoms with Crippen molar-refractivity contribution in [2.75, 3.05) is 69.2 Å². The van der Waals surface area contributed by atoms with Crippen molar-refractivity contribution in [3.8, 4) is 5.69 Å². The first-order valence-electron chi connectivity index (χ1n) is 10.8. The van der Waals surface area contributed by atoms with Crippen LogP contribution in [0.5, 0.6) is 0 Å². The van der Waals surface area contributed by atoms with Crippen LogP contribution in [0.4, 0.5) is 11.6 Å². The number of hydrogen-bond acceptors (Lipinski definition) is 9. The largest absolute Gasteiger partial charge is 0.354 e. The van der Waals surface area contributed by atoms with E-state index in [2.05, 4.69) is 53.3 Å². The SMILES string of the molecule is CN1CCN(c2cc(N3CCN(C(=O)c4cccc(-n5cnnn5)c4)CC3)ncn2)CC1. The van der Waals surface area contributed by atoms with Gasteiger partial charge in [0.15, 0.2) is 0 Å². The molecule has 11 nitrogen and oxygen atoms in total. The van der Waals surface area contributed by atoms with Gasteiger partial charge in [-0.15, -0.1) is 5.10 Å². The second-order valence-electron chi connectivity index (χ2n) is 8.11. The molecule has 2 fully saturated rings. The lowest BCUT2D eigenvalue weighted by Crippen LogP contribution is -2.49. The highest BCUT2D eigenvalue weighted by atomic mass is 16.2. The zero-order valence-electron chi connectivity index (χ0n) is 18.1. The highest BCUT2D eigenvalue weighted by molar-refractivity contribution is 5.95. The van der Waals surface area contributed by atoms with Crippen LogP contribution < -0.4 is 9.80 Å². The number of carbonyl (C=O) groups is 1. The van der Waals surface area contributed by atoms with Crippen molar-refractivity contribution in [2.45, 2.75) is 0 Å². The maximum Gasteiger partial charge on any atom is 0.254 e. The van der Waals surface area contributed by atoms with Crippen molar-refractivity contribution >= 4 is 17.5 Å². The van der Waals surface area contributed by atoms with Gasteiger partial charge in [-0.2, -0.15) is 0 Å². The topological polar surface area (TPSA) is 99.4 Å². The number of likely N-dealkylation sites (N-methyl/N-ethyl adjacent to an activating group) is 1. The van der Waals surface area contributed by atoms with E-state index in [-0.39, 0.29) is 5.91 Å². The first kappa shape index (κ1) is 20.3. The predicted molar refractivity (Wildman–Crippen MR) is 119 cm³/mol. The van der Waals surface area contributed by atoms with E-state index in [0.29, 0.717) is 18.7 Å². The van der Waals surface area contributed by atoms with Crippen LogP contribution in [0.25, 0.3) is 5.69 Å². The van der Waals surface area contributed by atoms with E-state index in [1.165, 1.54) is 6.33 Å². The van der Waals surface area contributed by atoms with E-state index in [1.54, 1.807) is 11.0 Å². The molecule has 5 rings (SSSR count). The third-order valence-electron chi connectivity index (χ3n) is 6.06. The van der Waals surface area contributed by atoms with Crippen LogP contribution in [0.15, 0.2) is 43.0 Å². The summed E-state index contributed by atoms with van der Waals surface area (Å²) in [6.07, 6.45) is 3.16. The molecular formula is C21H26N10O. The average molecular weight is 435 g/mol. The molecule has 1 aromatic carbocycles. The van der Waals surface area contributed by atoms with Crippen LogP contribution in [-0.2, 0) is 0 Å². The monoisotopic (exact) mass is 434 g/mol. The number of carbonyl (C=O) groups excluding carboxylic acids is 1. The van der Waals surface area contributed by atoms with Crippen molar-refractivity contribution in [2.24, 2.45) is 0 Å². The summed E-state index contributed by atoms with van der Waals surface area (Å²) in [5.74, 6) is 1.91. The van der Waals surface area contributed by atoms with Crippen molar-refractivity contribution in [3.63, 3.8) is 0 Å². The quantitative estimate of drug-likeness (QED) is 0.569. The van der Waals surface area contributed by atoms with Crippen LogP contribution in [0.3, 0.4) is 0 Å². The Morgan fingerprint density at radius 1 is 0.875 bits per heavy atom. The van der Waals surface area contributed by atoms with Crippen LogP contribution in [0, 0.1) is 0 Å². The molecule has 0 radical (unpaired) electrons. The second-order valence-corrected chi connectivity index (χ2v) is 8.11. The van der Waals surface area contributed by atoms with Gasteiger partial charge in [0, 0.05) is 64.0 Å². The van der Waals surface area contributed by atoms with E-state index in [9.17, 15) is 4.79 Å². The van der Waals surface area contributed by atoms with Crippen LogP contribution in [-0.4, -0.2) is 105 Å². The molecule has 2 saturated heterocycles. The van der Waals surface area contributed by atoms with Gasteiger partial charge in [0.05, 0.1) is 5.69 Å². The lowest BCUT2D eigenvalue weighted by Gasteiger charge is -2.36. The molecule has 2 aliphatic rings. The first-order chi connectivity index (χ1) is 15.7. The van der Waals surface area contributed by atoms with Gasteiger partial charge >= 0.3 is 0 Å². The number of anilines is 2. The number of tetrazole rings is 1. The third kappa shape index (κ3) is 4.24. The number of hydrogen-bond donors (Lipinski definition) is 0. The van der Waals surface area contributed by atoms with Crippen molar-refractivity contribution in [3.05, 3.63) is 48.5 Å². The summed E-state index contributed by atoms with van der Waals surface area (Å²) in [4.78, 5) is 30.8. The second kappa shape index (κ2) is 8.87. The molecule has 0 atom stereocenters. The molecule has 11 heteroatoms. The molecule has 0 aliphatic carbocycles. The van der Waals surface area contributed by atoms with E-state index >= 15 is 0 Å². The predicted octanol–water partition coefficient (Wildman–Crippen LogP) is 0.167. The molecule has 0 unspecified atom stereocenters. The van der Waals surface area contributed by atoms with Gasteiger partial charge in [-0.05, 0) is 35.7 Å². The Balaban J connectivity index is 1.22. The van der Waals surface area contributed by atoms with Gasteiger partial charge in [0.1, 0.15) is 24.3 Å². The summed E-state index contributed by atoms with van der Waals surface area (Å²) in [6, 6.07) is 9.44. The number of nitrogens with zero attached hydrogens (tertiary/aromatic N) is 10. The van der Waals surface area contributed by atoms with E-state index in [1.807, 2.05) is 29.2 Å². The van der Waals surface area contributed by atoms with E-state index < -0.39 is 0 Å². The van der Waals surface area contributed by atoms with Crippen LogP contribution in [0.2, 0.25) is 0 Å². The minimum absolute atomic E-state index is 0.0142. The normalized spacial score (nSPS) is 17.6. The van der Waals surface area contributed by atoms with E-state index in [0.717, 1.165) is 56.6 Å². The summed E-state index contributed by atoms with van der Waals surface area (Å²) in [7, 11) is 2.14. The lowest BCUT2D eigenvalue weighted by atomic mass is 10.1. The summed E-state index contributed by atoms with van der Waals surface area (Å²) in [6.45, 7) is 6.76. The Kier molecular flexibility index (Phi) is 5.63. The molecule has 0 saturated carbocycles.